The summed E-state index contributed by atoms with van der Waals surface area (Å²) in [5, 5.41) is 4.62. The van der Waals surface area contributed by atoms with Gasteiger partial charge in [0, 0.05) is 24.1 Å². The maximum absolute atomic E-state index is 14.1. The largest absolute Gasteiger partial charge is 0.340 e. The van der Waals surface area contributed by atoms with E-state index in [0.29, 0.717) is 29.0 Å². The molecule has 0 unspecified atom stereocenters. The van der Waals surface area contributed by atoms with Gasteiger partial charge in [0.15, 0.2) is 5.78 Å². The molecule has 224 valence electrons. The van der Waals surface area contributed by atoms with Gasteiger partial charge in [-0.3, -0.25) is 19.2 Å². The van der Waals surface area contributed by atoms with E-state index < -0.39 is 35.8 Å². The second-order valence-electron chi connectivity index (χ2n) is 11.9. The average Bonchev–Trinajstić information content (AvgIpc) is 3.62. The van der Waals surface area contributed by atoms with Crippen molar-refractivity contribution in [3.63, 3.8) is 0 Å². The lowest BCUT2D eigenvalue weighted by atomic mass is 10.0. The van der Waals surface area contributed by atoms with Crippen molar-refractivity contribution in [1.29, 1.82) is 0 Å². The molecular weight excluding hydrogens is 557 g/mol. The molecule has 44 heavy (non-hydrogen) atoms. The second kappa shape index (κ2) is 12.0. The lowest BCUT2D eigenvalue weighted by Gasteiger charge is -2.28. The van der Waals surface area contributed by atoms with Crippen molar-refractivity contribution >= 4 is 34.3 Å². The molecule has 8 heteroatoms. The number of ketones is 1. The van der Waals surface area contributed by atoms with Crippen LogP contribution in [0.3, 0.4) is 0 Å². The molecule has 3 amide bonds. The summed E-state index contributed by atoms with van der Waals surface area (Å²) in [4.78, 5) is 57.7. The Labute approximate surface area is 255 Å². The van der Waals surface area contributed by atoms with Gasteiger partial charge in [-0.15, -0.1) is 0 Å². The van der Waals surface area contributed by atoms with Crippen LogP contribution < -0.4 is 5.32 Å². The monoisotopic (exact) mass is 591 g/mol. The van der Waals surface area contributed by atoms with Gasteiger partial charge in [-0.1, -0.05) is 74.5 Å². The Morgan fingerprint density at radius 1 is 0.886 bits per heavy atom. The minimum Gasteiger partial charge on any atom is -0.340 e. The lowest BCUT2D eigenvalue weighted by molar-refractivity contribution is -0.138. The van der Waals surface area contributed by atoms with Gasteiger partial charge in [-0.25, -0.2) is 4.39 Å². The van der Waals surface area contributed by atoms with Gasteiger partial charge in [-0.05, 0) is 64.6 Å². The molecule has 0 aliphatic carbocycles. The molecule has 2 heterocycles. The highest BCUT2D eigenvalue weighted by molar-refractivity contribution is 6.10. The maximum Gasteiger partial charge on any atom is 0.255 e. The number of likely N-dealkylation sites (tertiary alicyclic amines) is 2. The van der Waals surface area contributed by atoms with Gasteiger partial charge in [0.2, 0.25) is 5.91 Å². The fourth-order valence-corrected chi connectivity index (χ4v) is 6.42. The quantitative estimate of drug-likeness (QED) is 0.323. The van der Waals surface area contributed by atoms with Crippen LogP contribution in [0.25, 0.3) is 10.8 Å². The van der Waals surface area contributed by atoms with Crippen LogP contribution in [0.1, 0.15) is 58.0 Å². The van der Waals surface area contributed by atoms with Crippen LogP contribution in [-0.4, -0.2) is 64.5 Å². The molecule has 2 aliphatic heterocycles. The number of carbonyl (C=O) groups excluding carboxylic acids is 4. The standard InChI is InChI=1S/C36H34FN3O4/c1-22(2)24-12-14-26(15-13-24)34(42)38-30(20-23-10-16-27(37)17-11-23)36(44)39-19-18-31-33(39)32(41)21-40(31)35(43)29-9-5-7-25-6-3-4-8-28(25)29/h3-17,22,30-31,33H,18-21H2,1-2H3,(H,38,42)/t30-,31+,33-/m0/s1. The fraction of sp³-hybridized carbons (Fsp3) is 0.278. The van der Waals surface area contributed by atoms with Crippen LogP contribution in [0.5, 0.6) is 0 Å². The summed E-state index contributed by atoms with van der Waals surface area (Å²) >= 11 is 0. The molecule has 0 bridgehead atoms. The van der Waals surface area contributed by atoms with E-state index >= 15 is 0 Å². The number of benzene rings is 4. The van der Waals surface area contributed by atoms with E-state index in [1.807, 2.05) is 48.5 Å². The number of rotatable bonds is 7. The lowest BCUT2D eigenvalue weighted by Crippen LogP contribution is -2.53. The number of hydrogen-bond acceptors (Lipinski definition) is 4. The first-order valence-corrected chi connectivity index (χ1v) is 15.0. The third-order valence-electron chi connectivity index (χ3n) is 8.78. The first-order chi connectivity index (χ1) is 21.2. The van der Waals surface area contributed by atoms with Gasteiger partial charge in [0.25, 0.3) is 11.8 Å². The summed E-state index contributed by atoms with van der Waals surface area (Å²) in [5.74, 6) is -1.35. The molecule has 7 nitrogen and oxygen atoms in total. The van der Waals surface area contributed by atoms with E-state index in [-0.39, 0.29) is 31.2 Å². The number of halogens is 1. The van der Waals surface area contributed by atoms with Gasteiger partial charge < -0.3 is 15.1 Å². The second-order valence-corrected chi connectivity index (χ2v) is 11.9. The van der Waals surface area contributed by atoms with E-state index in [2.05, 4.69) is 19.2 Å². The number of nitrogens with zero attached hydrogens (tertiary/aromatic N) is 2. The summed E-state index contributed by atoms with van der Waals surface area (Å²) in [6, 6.07) is 23.9. The molecule has 0 aromatic heterocycles. The van der Waals surface area contributed by atoms with Crippen molar-refractivity contribution in [3.8, 4) is 0 Å². The third-order valence-corrected chi connectivity index (χ3v) is 8.78. The average molecular weight is 592 g/mol. The van der Waals surface area contributed by atoms with Crippen LogP contribution in [0.4, 0.5) is 4.39 Å². The highest BCUT2D eigenvalue weighted by Gasteiger charge is 2.52. The molecule has 3 atom stereocenters. The van der Waals surface area contributed by atoms with Gasteiger partial charge in [-0.2, -0.15) is 0 Å². The predicted molar refractivity (Wildman–Crippen MR) is 166 cm³/mol. The van der Waals surface area contributed by atoms with Crippen LogP contribution in [-0.2, 0) is 16.0 Å². The fourth-order valence-electron chi connectivity index (χ4n) is 6.42. The van der Waals surface area contributed by atoms with Crippen LogP contribution in [0.15, 0.2) is 91.0 Å². The predicted octanol–water partition coefficient (Wildman–Crippen LogP) is 5.14. The Balaban J connectivity index is 1.24. The molecule has 2 aliphatic rings. The Bertz CT molecular complexity index is 1730. The van der Waals surface area contributed by atoms with E-state index in [1.165, 1.54) is 17.0 Å². The topological polar surface area (TPSA) is 86.8 Å². The normalized spacial score (nSPS) is 18.5. The zero-order valence-electron chi connectivity index (χ0n) is 24.7. The highest BCUT2D eigenvalue weighted by atomic mass is 19.1. The molecule has 4 aromatic rings. The van der Waals surface area contributed by atoms with Crippen LogP contribution >= 0.6 is 0 Å². The number of carbonyl (C=O) groups is 4. The first-order valence-electron chi connectivity index (χ1n) is 15.0. The molecule has 0 saturated carbocycles. The van der Waals surface area contributed by atoms with Crippen molar-refractivity contribution in [2.24, 2.45) is 0 Å². The van der Waals surface area contributed by atoms with Crippen molar-refractivity contribution in [2.75, 3.05) is 13.1 Å². The summed E-state index contributed by atoms with van der Waals surface area (Å²) in [5.41, 5.74) is 2.69. The van der Waals surface area contributed by atoms with Crippen molar-refractivity contribution in [3.05, 3.63) is 119 Å². The van der Waals surface area contributed by atoms with Crippen molar-refractivity contribution in [2.45, 2.75) is 50.7 Å². The molecule has 4 aromatic carbocycles. The van der Waals surface area contributed by atoms with Crippen molar-refractivity contribution in [1.82, 2.24) is 15.1 Å². The number of nitrogens with one attached hydrogen (secondary N) is 1. The van der Waals surface area contributed by atoms with E-state index in [9.17, 15) is 23.6 Å². The summed E-state index contributed by atoms with van der Waals surface area (Å²) < 4.78 is 13.6. The molecule has 2 fully saturated rings. The maximum atomic E-state index is 14.1. The Morgan fingerprint density at radius 2 is 1.59 bits per heavy atom. The SMILES string of the molecule is CC(C)c1ccc(C(=O)N[C@@H](Cc2ccc(F)cc2)C(=O)N2CC[C@@H]3[C@H]2C(=O)CN3C(=O)c2cccc3ccccc23)cc1. The third kappa shape index (κ3) is 5.60. The highest BCUT2D eigenvalue weighted by Crippen LogP contribution is 2.33. The summed E-state index contributed by atoms with van der Waals surface area (Å²) in [7, 11) is 0. The molecule has 6 rings (SSSR count). The van der Waals surface area contributed by atoms with E-state index in [4.69, 9.17) is 0 Å². The van der Waals surface area contributed by atoms with E-state index in [0.717, 1.165) is 16.3 Å². The van der Waals surface area contributed by atoms with Gasteiger partial charge in [0.05, 0.1) is 12.6 Å². The smallest absolute Gasteiger partial charge is 0.255 e. The zero-order valence-corrected chi connectivity index (χ0v) is 24.7. The minimum absolute atomic E-state index is 0.0850. The molecule has 0 spiro atoms. The van der Waals surface area contributed by atoms with Gasteiger partial charge in [0.1, 0.15) is 17.9 Å². The van der Waals surface area contributed by atoms with Gasteiger partial charge >= 0.3 is 0 Å². The number of amides is 3. The number of fused-ring (bicyclic) bond motifs is 2. The van der Waals surface area contributed by atoms with Crippen LogP contribution in [0.2, 0.25) is 0 Å². The molecule has 0 radical (unpaired) electrons. The minimum atomic E-state index is -0.993. The number of hydrogen-bond donors (Lipinski definition) is 1. The van der Waals surface area contributed by atoms with Crippen molar-refractivity contribution < 1.29 is 23.6 Å². The molecular formula is C36H34FN3O4. The molecule has 1 N–H and O–H groups in total. The van der Waals surface area contributed by atoms with Crippen LogP contribution in [0, 0.1) is 5.82 Å². The Hall–Kier alpha value is -4.85. The number of Topliss-reactive ketones (excluding diaryl/α,β-unsaturated/α-hetero) is 1. The Kier molecular flexibility index (Phi) is 7.99. The summed E-state index contributed by atoms with van der Waals surface area (Å²) in [6.45, 7) is 4.32. The van der Waals surface area contributed by atoms with E-state index in [1.54, 1.807) is 35.2 Å². The summed E-state index contributed by atoms with van der Waals surface area (Å²) in [6.07, 6.45) is 0.572. The first kappa shape index (κ1) is 29.2. The molecule has 2 saturated heterocycles. The Morgan fingerprint density at radius 3 is 2.32 bits per heavy atom. The zero-order chi connectivity index (χ0) is 31.0.